The quantitative estimate of drug-likeness (QED) is 0.852. The number of anilines is 1. The predicted molar refractivity (Wildman–Crippen MR) is 84.6 cm³/mol. The van der Waals surface area contributed by atoms with Gasteiger partial charge in [0.1, 0.15) is 11.5 Å². The van der Waals surface area contributed by atoms with Crippen molar-refractivity contribution < 1.29 is 9.21 Å². The second-order valence-electron chi connectivity index (χ2n) is 5.15. The first-order chi connectivity index (χ1) is 10.1. The first kappa shape index (κ1) is 15.2. The molecule has 0 bridgehead atoms. The molecule has 0 fully saturated rings. The molecule has 0 saturated heterocycles. The molecule has 4 heteroatoms. The molecule has 1 aromatic heterocycles. The third-order valence-electron chi connectivity index (χ3n) is 3.27. The summed E-state index contributed by atoms with van der Waals surface area (Å²) in [6, 6.07) is 9.46. The van der Waals surface area contributed by atoms with E-state index in [2.05, 4.69) is 17.6 Å². The Morgan fingerprint density at radius 1 is 1.19 bits per heavy atom. The van der Waals surface area contributed by atoms with Gasteiger partial charge in [-0.3, -0.25) is 4.79 Å². The second-order valence-corrected chi connectivity index (χ2v) is 5.15. The van der Waals surface area contributed by atoms with Crippen LogP contribution in [0.1, 0.15) is 40.8 Å². The minimum absolute atomic E-state index is 0.0887. The summed E-state index contributed by atoms with van der Waals surface area (Å²) in [6.07, 6.45) is 1.07. The number of aryl methyl sites for hydroxylation is 2. The van der Waals surface area contributed by atoms with Crippen LogP contribution < -0.4 is 10.6 Å². The van der Waals surface area contributed by atoms with Gasteiger partial charge in [-0.2, -0.15) is 0 Å². The molecular weight excluding hydrogens is 264 g/mol. The molecule has 1 heterocycles. The summed E-state index contributed by atoms with van der Waals surface area (Å²) in [5.41, 5.74) is 2.82. The molecule has 0 atom stereocenters. The highest BCUT2D eigenvalue weighted by atomic mass is 16.3. The van der Waals surface area contributed by atoms with Crippen LogP contribution in [0, 0.1) is 13.8 Å². The maximum absolute atomic E-state index is 12.1. The number of hydrogen-bond donors (Lipinski definition) is 2. The van der Waals surface area contributed by atoms with Crippen molar-refractivity contribution >= 4 is 11.6 Å². The van der Waals surface area contributed by atoms with Gasteiger partial charge in [0.15, 0.2) is 0 Å². The molecule has 0 spiro atoms. The van der Waals surface area contributed by atoms with Gasteiger partial charge in [-0.05, 0) is 56.2 Å². The summed E-state index contributed by atoms with van der Waals surface area (Å²) in [6.45, 7) is 7.35. The zero-order valence-corrected chi connectivity index (χ0v) is 12.8. The van der Waals surface area contributed by atoms with E-state index in [1.54, 1.807) is 0 Å². The summed E-state index contributed by atoms with van der Waals surface area (Å²) in [5.74, 6) is 1.52. The normalized spacial score (nSPS) is 10.4. The van der Waals surface area contributed by atoms with Crippen LogP contribution in [0.3, 0.4) is 0 Å². The van der Waals surface area contributed by atoms with E-state index in [1.807, 2.05) is 44.2 Å². The summed E-state index contributed by atoms with van der Waals surface area (Å²) in [5, 5.41) is 6.21. The second kappa shape index (κ2) is 6.97. The van der Waals surface area contributed by atoms with E-state index >= 15 is 0 Å². The smallest absolute Gasteiger partial charge is 0.251 e. The SMILES string of the molecule is CCCNc1ccc(C(=O)NCc2ccc(C)o2)cc1C. The Morgan fingerprint density at radius 3 is 2.62 bits per heavy atom. The Labute approximate surface area is 125 Å². The molecule has 2 aromatic rings. The fraction of sp³-hybridized carbons (Fsp3) is 0.353. The molecule has 21 heavy (non-hydrogen) atoms. The zero-order valence-electron chi connectivity index (χ0n) is 12.8. The van der Waals surface area contributed by atoms with E-state index in [9.17, 15) is 4.79 Å². The lowest BCUT2D eigenvalue weighted by molar-refractivity contribution is 0.0948. The maximum Gasteiger partial charge on any atom is 0.251 e. The van der Waals surface area contributed by atoms with Crippen LogP contribution in [0.15, 0.2) is 34.7 Å². The zero-order chi connectivity index (χ0) is 15.2. The van der Waals surface area contributed by atoms with Crippen molar-refractivity contribution in [3.8, 4) is 0 Å². The van der Waals surface area contributed by atoms with Gasteiger partial charge in [-0.25, -0.2) is 0 Å². The number of nitrogens with one attached hydrogen (secondary N) is 2. The standard InChI is InChI=1S/C17H22N2O2/c1-4-9-18-16-8-6-14(10-12(16)2)17(20)19-11-15-7-5-13(3)21-15/h5-8,10,18H,4,9,11H2,1-3H3,(H,19,20). The number of carbonyl (C=O) groups excluding carboxylic acids is 1. The van der Waals surface area contributed by atoms with Crippen molar-refractivity contribution in [1.29, 1.82) is 0 Å². The molecule has 0 saturated carbocycles. The molecule has 1 amide bonds. The molecular formula is C17H22N2O2. The molecule has 0 unspecified atom stereocenters. The van der Waals surface area contributed by atoms with Crippen LogP contribution in [0.2, 0.25) is 0 Å². The number of benzene rings is 1. The Hall–Kier alpha value is -2.23. The fourth-order valence-electron chi connectivity index (χ4n) is 2.11. The number of amides is 1. The number of rotatable bonds is 6. The highest BCUT2D eigenvalue weighted by Gasteiger charge is 2.08. The van der Waals surface area contributed by atoms with Gasteiger partial charge in [-0.15, -0.1) is 0 Å². The number of furan rings is 1. The molecule has 1 aromatic carbocycles. The average Bonchev–Trinajstić information content (AvgIpc) is 2.89. The Balaban J connectivity index is 1.97. The monoisotopic (exact) mass is 286 g/mol. The van der Waals surface area contributed by atoms with Gasteiger partial charge < -0.3 is 15.1 Å². The van der Waals surface area contributed by atoms with Gasteiger partial charge in [0.05, 0.1) is 6.54 Å². The van der Waals surface area contributed by atoms with Crippen LogP contribution in [-0.4, -0.2) is 12.5 Å². The van der Waals surface area contributed by atoms with E-state index in [4.69, 9.17) is 4.42 Å². The Kier molecular flexibility index (Phi) is 5.04. The van der Waals surface area contributed by atoms with Crippen LogP contribution in [0.25, 0.3) is 0 Å². The average molecular weight is 286 g/mol. The molecule has 0 aliphatic carbocycles. The van der Waals surface area contributed by atoms with Crippen LogP contribution >= 0.6 is 0 Å². The number of carbonyl (C=O) groups is 1. The summed E-state index contributed by atoms with van der Waals surface area (Å²) in [7, 11) is 0. The molecule has 0 aliphatic heterocycles. The van der Waals surface area contributed by atoms with Crippen molar-refractivity contribution in [2.75, 3.05) is 11.9 Å². The van der Waals surface area contributed by atoms with E-state index in [0.29, 0.717) is 12.1 Å². The van der Waals surface area contributed by atoms with Gasteiger partial charge in [0.25, 0.3) is 5.91 Å². The minimum Gasteiger partial charge on any atom is -0.465 e. The highest BCUT2D eigenvalue weighted by molar-refractivity contribution is 5.94. The Bertz CT molecular complexity index is 617. The molecule has 112 valence electrons. The number of hydrogen-bond acceptors (Lipinski definition) is 3. The lowest BCUT2D eigenvalue weighted by Gasteiger charge is -2.10. The largest absolute Gasteiger partial charge is 0.465 e. The predicted octanol–water partition coefficient (Wildman–Crippen LogP) is 3.65. The van der Waals surface area contributed by atoms with E-state index < -0.39 is 0 Å². The van der Waals surface area contributed by atoms with E-state index in [-0.39, 0.29) is 5.91 Å². The first-order valence-corrected chi connectivity index (χ1v) is 7.28. The Morgan fingerprint density at radius 2 is 2.00 bits per heavy atom. The first-order valence-electron chi connectivity index (χ1n) is 7.28. The van der Waals surface area contributed by atoms with Gasteiger partial charge in [0.2, 0.25) is 0 Å². The van der Waals surface area contributed by atoms with Gasteiger partial charge >= 0.3 is 0 Å². The molecule has 2 rings (SSSR count). The summed E-state index contributed by atoms with van der Waals surface area (Å²) >= 11 is 0. The lowest BCUT2D eigenvalue weighted by Crippen LogP contribution is -2.22. The molecule has 4 nitrogen and oxygen atoms in total. The topological polar surface area (TPSA) is 54.3 Å². The van der Waals surface area contributed by atoms with Crippen LogP contribution in [0.4, 0.5) is 5.69 Å². The van der Waals surface area contributed by atoms with Crippen molar-refractivity contribution in [3.05, 3.63) is 53.0 Å². The maximum atomic E-state index is 12.1. The molecule has 2 N–H and O–H groups in total. The van der Waals surface area contributed by atoms with Crippen LogP contribution in [-0.2, 0) is 6.54 Å². The highest BCUT2D eigenvalue weighted by Crippen LogP contribution is 2.16. The van der Waals surface area contributed by atoms with E-state index in [1.165, 1.54) is 0 Å². The molecule has 0 aliphatic rings. The van der Waals surface area contributed by atoms with E-state index in [0.717, 1.165) is 35.7 Å². The van der Waals surface area contributed by atoms with Crippen molar-refractivity contribution in [3.63, 3.8) is 0 Å². The van der Waals surface area contributed by atoms with Crippen molar-refractivity contribution in [2.24, 2.45) is 0 Å². The third kappa shape index (κ3) is 4.12. The van der Waals surface area contributed by atoms with Gasteiger partial charge in [-0.1, -0.05) is 6.92 Å². The minimum atomic E-state index is -0.0887. The lowest BCUT2D eigenvalue weighted by atomic mass is 10.1. The van der Waals surface area contributed by atoms with Crippen LogP contribution in [0.5, 0.6) is 0 Å². The van der Waals surface area contributed by atoms with Crippen molar-refractivity contribution in [2.45, 2.75) is 33.7 Å². The fourth-order valence-corrected chi connectivity index (χ4v) is 2.11. The third-order valence-corrected chi connectivity index (χ3v) is 3.27. The van der Waals surface area contributed by atoms with Crippen molar-refractivity contribution in [1.82, 2.24) is 5.32 Å². The molecule has 0 radical (unpaired) electrons. The summed E-state index contributed by atoms with van der Waals surface area (Å²) in [4.78, 5) is 12.1. The summed E-state index contributed by atoms with van der Waals surface area (Å²) < 4.78 is 5.43. The van der Waals surface area contributed by atoms with Gasteiger partial charge in [0, 0.05) is 17.8 Å².